The molecule has 222 valence electrons. The highest BCUT2D eigenvalue weighted by atomic mass is 31.2. The standard InChI is InChI=1S/C33H61O4P/c1-4-7-10-13-16-19-22-25-30-28-29-33(37-38(34,35)36)32(27-24-21-18-15-12-9-6-3)31(30)26-23-20-17-14-11-8-5-2/h28-29H,4-27H2,1-3H3,(H2,34,35,36)/p-2. The fourth-order valence-corrected chi connectivity index (χ4v) is 5.95. The zero-order valence-electron chi connectivity index (χ0n) is 25.2. The summed E-state index contributed by atoms with van der Waals surface area (Å²) in [4.78, 5) is 23.2. The molecule has 0 unspecified atom stereocenters. The van der Waals surface area contributed by atoms with Gasteiger partial charge < -0.3 is 18.9 Å². The monoisotopic (exact) mass is 550 g/mol. The quantitative estimate of drug-likeness (QED) is 0.0850. The first-order valence-corrected chi connectivity index (χ1v) is 17.7. The minimum absolute atomic E-state index is 0.283. The fourth-order valence-electron chi connectivity index (χ4n) is 5.54. The number of unbranched alkanes of at least 4 members (excludes halogenated alkanes) is 18. The summed E-state index contributed by atoms with van der Waals surface area (Å²) in [6.07, 6.45) is 28.9. The highest BCUT2D eigenvalue weighted by Gasteiger charge is 2.15. The molecule has 0 heterocycles. The van der Waals surface area contributed by atoms with Crippen LogP contribution in [0, 0.1) is 0 Å². The summed E-state index contributed by atoms with van der Waals surface area (Å²) >= 11 is 0. The topological polar surface area (TPSA) is 72.4 Å². The molecule has 0 saturated heterocycles. The number of hydrogen-bond acceptors (Lipinski definition) is 4. The van der Waals surface area contributed by atoms with Crippen LogP contribution in [0.4, 0.5) is 0 Å². The number of hydrogen-bond donors (Lipinski definition) is 0. The summed E-state index contributed by atoms with van der Waals surface area (Å²) < 4.78 is 16.6. The molecular weight excluding hydrogens is 491 g/mol. The third-order valence-corrected chi connectivity index (χ3v) is 8.23. The molecule has 0 spiro atoms. The maximum atomic E-state index is 11.6. The minimum Gasteiger partial charge on any atom is -0.780 e. The summed E-state index contributed by atoms with van der Waals surface area (Å²) in [6.45, 7) is 6.73. The zero-order valence-corrected chi connectivity index (χ0v) is 26.1. The maximum absolute atomic E-state index is 11.6. The lowest BCUT2D eigenvalue weighted by Crippen LogP contribution is -2.19. The van der Waals surface area contributed by atoms with Gasteiger partial charge in [0.2, 0.25) is 0 Å². The van der Waals surface area contributed by atoms with E-state index in [1.165, 1.54) is 120 Å². The van der Waals surface area contributed by atoms with Crippen molar-refractivity contribution in [2.75, 3.05) is 0 Å². The first-order valence-electron chi connectivity index (χ1n) is 16.3. The molecule has 0 aromatic heterocycles. The van der Waals surface area contributed by atoms with E-state index in [4.69, 9.17) is 4.52 Å². The van der Waals surface area contributed by atoms with E-state index in [9.17, 15) is 14.4 Å². The largest absolute Gasteiger partial charge is 0.780 e. The van der Waals surface area contributed by atoms with Crippen LogP contribution < -0.4 is 14.3 Å². The SMILES string of the molecule is CCCCCCCCCc1ccc(OP(=O)([O-])[O-])c(CCCCCCCCC)c1CCCCCCCCC. The van der Waals surface area contributed by atoms with Crippen LogP contribution in [0.5, 0.6) is 5.75 Å². The molecule has 4 nitrogen and oxygen atoms in total. The maximum Gasteiger partial charge on any atom is 0.127 e. The van der Waals surface area contributed by atoms with Crippen molar-refractivity contribution in [3.05, 3.63) is 28.8 Å². The average Bonchev–Trinajstić information content (AvgIpc) is 2.88. The molecule has 0 atom stereocenters. The van der Waals surface area contributed by atoms with Gasteiger partial charge in [-0.25, -0.2) is 0 Å². The summed E-state index contributed by atoms with van der Waals surface area (Å²) in [7, 11) is -5.09. The van der Waals surface area contributed by atoms with Crippen molar-refractivity contribution in [1.82, 2.24) is 0 Å². The van der Waals surface area contributed by atoms with E-state index >= 15 is 0 Å². The Balaban J connectivity index is 2.92. The van der Waals surface area contributed by atoms with Crippen molar-refractivity contribution < 1.29 is 18.9 Å². The first-order chi connectivity index (χ1) is 18.4. The number of phosphoric acid groups is 1. The summed E-state index contributed by atoms with van der Waals surface area (Å²) in [5, 5.41) is 0. The second-order valence-electron chi connectivity index (χ2n) is 11.3. The van der Waals surface area contributed by atoms with E-state index in [-0.39, 0.29) is 5.75 Å². The van der Waals surface area contributed by atoms with Crippen molar-refractivity contribution >= 4 is 7.82 Å². The molecule has 0 aliphatic rings. The minimum atomic E-state index is -5.09. The predicted molar refractivity (Wildman–Crippen MR) is 160 cm³/mol. The van der Waals surface area contributed by atoms with Gasteiger partial charge in [0, 0.05) is 0 Å². The van der Waals surface area contributed by atoms with E-state index in [2.05, 4.69) is 20.8 Å². The summed E-state index contributed by atoms with van der Waals surface area (Å²) in [5.74, 6) is 0.283. The Morgan fingerprint density at radius 1 is 0.526 bits per heavy atom. The third kappa shape index (κ3) is 17.7. The normalized spacial score (nSPS) is 11.8. The smallest absolute Gasteiger partial charge is 0.127 e. The van der Waals surface area contributed by atoms with Crippen LogP contribution in [0.2, 0.25) is 0 Å². The van der Waals surface area contributed by atoms with Crippen molar-refractivity contribution in [2.24, 2.45) is 0 Å². The molecular formula is C33H59O4P-2. The summed E-state index contributed by atoms with van der Waals surface area (Å²) in [5.41, 5.74) is 3.58. The second kappa shape index (κ2) is 22.9. The number of benzene rings is 1. The van der Waals surface area contributed by atoms with E-state index in [0.717, 1.165) is 50.5 Å². The van der Waals surface area contributed by atoms with Crippen molar-refractivity contribution in [1.29, 1.82) is 0 Å². The van der Waals surface area contributed by atoms with Crippen LogP contribution in [0.25, 0.3) is 0 Å². The average molecular weight is 551 g/mol. The van der Waals surface area contributed by atoms with E-state index < -0.39 is 7.82 Å². The highest BCUT2D eigenvalue weighted by molar-refractivity contribution is 7.43. The van der Waals surface area contributed by atoms with Crippen molar-refractivity contribution in [3.8, 4) is 5.75 Å². The molecule has 0 aliphatic heterocycles. The molecule has 0 radical (unpaired) electrons. The van der Waals surface area contributed by atoms with Gasteiger partial charge in [-0.05, 0) is 61.3 Å². The van der Waals surface area contributed by atoms with Gasteiger partial charge >= 0.3 is 0 Å². The van der Waals surface area contributed by atoms with Gasteiger partial charge in [-0.15, -0.1) is 0 Å². The number of phosphoric ester groups is 1. The van der Waals surface area contributed by atoms with Gasteiger partial charge in [-0.3, -0.25) is 0 Å². The molecule has 1 aromatic carbocycles. The lowest BCUT2D eigenvalue weighted by atomic mass is 9.89. The molecule has 1 aromatic rings. The van der Waals surface area contributed by atoms with Crippen LogP contribution in [0.3, 0.4) is 0 Å². The molecule has 38 heavy (non-hydrogen) atoms. The second-order valence-corrected chi connectivity index (χ2v) is 12.4. The molecule has 0 saturated carbocycles. The van der Waals surface area contributed by atoms with E-state index in [1.807, 2.05) is 6.07 Å². The fraction of sp³-hybridized carbons (Fsp3) is 0.818. The van der Waals surface area contributed by atoms with E-state index in [0.29, 0.717) is 0 Å². The van der Waals surface area contributed by atoms with Crippen LogP contribution in [-0.2, 0) is 23.8 Å². The molecule has 0 amide bonds. The lowest BCUT2D eigenvalue weighted by molar-refractivity contribution is -0.333. The van der Waals surface area contributed by atoms with Gasteiger partial charge in [0.1, 0.15) is 13.6 Å². The molecule has 5 heteroatoms. The van der Waals surface area contributed by atoms with Gasteiger partial charge in [0.15, 0.2) is 0 Å². The van der Waals surface area contributed by atoms with Crippen LogP contribution >= 0.6 is 7.82 Å². The Kier molecular flexibility index (Phi) is 21.2. The van der Waals surface area contributed by atoms with Crippen molar-refractivity contribution in [3.63, 3.8) is 0 Å². The Labute approximate surface area is 236 Å². The Hall–Kier alpha value is -0.830. The van der Waals surface area contributed by atoms with Crippen molar-refractivity contribution in [2.45, 2.75) is 175 Å². The molecule has 0 aliphatic carbocycles. The predicted octanol–water partition coefficient (Wildman–Crippen LogP) is 9.77. The molecule has 0 N–H and O–H groups in total. The van der Waals surface area contributed by atoms with Gasteiger partial charge in [-0.2, -0.15) is 0 Å². The molecule has 0 bridgehead atoms. The van der Waals surface area contributed by atoms with Gasteiger partial charge in [0.25, 0.3) is 0 Å². The molecule has 0 fully saturated rings. The molecule has 1 rings (SSSR count). The third-order valence-electron chi connectivity index (χ3n) is 7.81. The zero-order chi connectivity index (χ0) is 27.9. The Morgan fingerprint density at radius 3 is 1.32 bits per heavy atom. The van der Waals surface area contributed by atoms with Crippen LogP contribution in [0.1, 0.15) is 172 Å². The Bertz CT molecular complexity index is 743. The summed E-state index contributed by atoms with van der Waals surface area (Å²) in [6, 6.07) is 3.79. The van der Waals surface area contributed by atoms with Gasteiger partial charge in [-0.1, -0.05) is 142 Å². The van der Waals surface area contributed by atoms with Gasteiger partial charge in [0.05, 0.1) is 0 Å². The highest BCUT2D eigenvalue weighted by Crippen LogP contribution is 2.37. The number of rotatable bonds is 26. The van der Waals surface area contributed by atoms with Crippen LogP contribution in [0.15, 0.2) is 12.1 Å². The lowest BCUT2D eigenvalue weighted by Gasteiger charge is -2.31. The van der Waals surface area contributed by atoms with Crippen LogP contribution in [-0.4, -0.2) is 0 Å². The Morgan fingerprint density at radius 2 is 0.895 bits per heavy atom. The van der Waals surface area contributed by atoms with E-state index in [1.54, 1.807) is 6.07 Å². The number of aryl methyl sites for hydroxylation is 1. The first kappa shape index (κ1) is 35.2.